The summed E-state index contributed by atoms with van der Waals surface area (Å²) in [6.45, 7) is 0. The maximum absolute atomic E-state index is 12.1. The van der Waals surface area contributed by atoms with Crippen molar-refractivity contribution < 1.29 is 19.4 Å². The first-order valence-corrected chi connectivity index (χ1v) is 6.10. The minimum Gasteiger partial charge on any atom is -0.495 e. The van der Waals surface area contributed by atoms with E-state index in [1.165, 1.54) is 25.6 Å². The number of nitrogens with zero attached hydrogens (tertiary/aromatic N) is 2. The Hall–Kier alpha value is -2.67. The number of ether oxygens (including phenoxy) is 1. The van der Waals surface area contributed by atoms with Crippen molar-refractivity contribution in [3.63, 3.8) is 0 Å². The Kier molecular flexibility index (Phi) is 4.34. The first-order chi connectivity index (χ1) is 10.0. The normalized spacial score (nSPS) is 10.0. The number of aromatic nitrogens is 2. The fourth-order valence-electron chi connectivity index (χ4n) is 1.60. The van der Waals surface area contributed by atoms with Gasteiger partial charge in [0.1, 0.15) is 5.75 Å². The SMILES string of the molecule is COc1ccc(NC(=O)c2nccnc2C(=O)O)cc1Cl. The average Bonchev–Trinajstić information content (AvgIpc) is 2.47. The van der Waals surface area contributed by atoms with Crippen molar-refractivity contribution in [1.82, 2.24) is 9.97 Å². The molecule has 2 N–H and O–H groups in total. The zero-order valence-electron chi connectivity index (χ0n) is 10.8. The third-order valence-corrected chi connectivity index (χ3v) is 2.82. The molecule has 108 valence electrons. The number of halogens is 1. The first kappa shape index (κ1) is 14.7. The molecule has 21 heavy (non-hydrogen) atoms. The number of nitrogens with one attached hydrogen (secondary N) is 1. The number of anilines is 1. The summed E-state index contributed by atoms with van der Waals surface area (Å²) in [6, 6.07) is 4.63. The lowest BCUT2D eigenvalue weighted by Gasteiger charge is -2.08. The molecular formula is C13H10ClN3O4. The first-order valence-electron chi connectivity index (χ1n) is 5.72. The van der Waals surface area contributed by atoms with Gasteiger partial charge < -0.3 is 15.2 Å². The standard InChI is InChI=1S/C13H10ClN3O4/c1-21-9-3-2-7(6-8(9)14)17-12(18)10-11(13(19)20)16-5-4-15-10/h2-6H,1H3,(H,17,18)(H,19,20). The summed E-state index contributed by atoms with van der Waals surface area (Å²) in [5.74, 6) is -1.57. The van der Waals surface area contributed by atoms with Gasteiger partial charge in [0.15, 0.2) is 11.4 Å². The summed E-state index contributed by atoms with van der Waals surface area (Å²) in [6.07, 6.45) is 2.44. The van der Waals surface area contributed by atoms with E-state index in [0.29, 0.717) is 16.5 Å². The molecule has 0 atom stereocenters. The molecule has 0 saturated carbocycles. The van der Waals surface area contributed by atoms with Gasteiger partial charge in [-0.1, -0.05) is 11.6 Å². The second-order valence-corrected chi connectivity index (χ2v) is 4.27. The summed E-state index contributed by atoms with van der Waals surface area (Å²) in [5, 5.41) is 11.8. The molecule has 0 aliphatic heterocycles. The van der Waals surface area contributed by atoms with Crippen LogP contribution in [0.3, 0.4) is 0 Å². The van der Waals surface area contributed by atoms with Crippen LogP contribution in [0.2, 0.25) is 5.02 Å². The van der Waals surface area contributed by atoms with Gasteiger partial charge >= 0.3 is 5.97 Å². The van der Waals surface area contributed by atoms with Gasteiger partial charge in [-0.15, -0.1) is 0 Å². The van der Waals surface area contributed by atoms with Gasteiger partial charge in [-0.05, 0) is 18.2 Å². The molecule has 1 aromatic heterocycles. The number of hydrogen-bond donors (Lipinski definition) is 2. The number of hydrogen-bond acceptors (Lipinski definition) is 5. The zero-order chi connectivity index (χ0) is 15.4. The molecule has 0 aliphatic carbocycles. The third-order valence-electron chi connectivity index (χ3n) is 2.53. The van der Waals surface area contributed by atoms with Crippen molar-refractivity contribution in [3.8, 4) is 5.75 Å². The van der Waals surface area contributed by atoms with Crippen molar-refractivity contribution in [1.29, 1.82) is 0 Å². The lowest BCUT2D eigenvalue weighted by atomic mass is 10.2. The predicted octanol–water partition coefficient (Wildman–Crippen LogP) is 2.09. The number of carbonyl (C=O) groups is 2. The van der Waals surface area contributed by atoms with Crippen molar-refractivity contribution >= 4 is 29.2 Å². The minimum atomic E-state index is -1.33. The number of carboxylic acids is 1. The number of amides is 1. The summed E-state index contributed by atoms with van der Waals surface area (Å²) in [7, 11) is 1.47. The fraction of sp³-hybridized carbons (Fsp3) is 0.0769. The number of carbonyl (C=O) groups excluding carboxylic acids is 1. The lowest BCUT2D eigenvalue weighted by Crippen LogP contribution is -2.19. The Bertz CT molecular complexity index is 706. The van der Waals surface area contributed by atoms with Crippen LogP contribution < -0.4 is 10.1 Å². The molecule has 1 amide bonds. The number of aromatic carboxylic acids is 1. The Balaban J connectivity index is 2.26. The van der Waals surface area contributed by atoms with E-state index in [1.54, 1.807) is 12.1 Å². The smallest absolute Gasteiger partial charge is 0.356 e. The van der Waals surface area contributed by atoms with Crippen LogP contribution in [-0.4, -0.2) is 34.1 Å². The van der Waals surface area contributed by atoms with Crippen LogP contribution in [0.4, 0.5) is 5.69 Å². The van der Waals surface area contributed by atoms with Gasteiger partial charge in [0.25, 0.3) is 5.91 Å². The largest absolute Gasteiger partial charge is 0.495 e. The van der Waals surface area contributed by atoms with Crippen LogP contribution in [-0.2, 0) is 0 Å². The van der Waals surface area contributed by atoms with Crippen molar-refractivity contribution in [2.24, 2.45) is 0 Å². The van der Waals surface area contributed by atoms with Crippen LogP contribution in [0.1, 0.15) is 21.0 Å². The third kappa shape index (κ3) is 3.26. The van der Waals surface area contributed by atoms with Crippen LogP contribution in [0.5, 0.6) is 5.75 Å². The molecule has 2 aromatic rings. The van der Waals surface area contributed by atoms with E-state index in [4.69, 9.17) is 21.4 Å². The molecule has 1 aromatic carbocycles. The van der Waals surface area contributed by atoms with E-state index in [-0.39, 0.29) is 5.69 Å². The summed E-state index contributed by atoms with van der Waals surface area (Å²) in [5.41, 5.74) is -0.320. The Morgan fingerprint density at radius 2 is 1.90 bits per heavy atom. The van der Waals surface area contributed by atoms with Gasteiger partial charge in [-0.2, -0.15) is 0 Å². The summed E-state index contributed by atoms with van der Waals surface area (Å²) < 4.78 is 5.00. The van der Waals surface area contributed by atoms with Crippen molar-refractivity contribution in [3.05, 3.63) is 47.0 Å². The number of carboxylic acid groups (broad SMARTS) is 1. The second-order valence-electron chi connectivity index (χ2n) is 3.86. The quantitative estimate of drug-likeness (QED) is 0.896. The fourth-order valence-corrected chi connectivity index (χ4v) is 1.85. The van der Waals surface area contributed by atoms with Gasteiger partial charge in [-0.3, -0.25) is 4.79 Å². The van der Waals surface area contributed by atoms with Crippen molar-refractivity contribution in [2.45, 2.75) is 0 Å². The zero-order valence-corrected chi connectivity index (χ0v) is 11.6. The van der Waals surface area contributed by atoms with E-state index in [1.807, 2.05) is 0 Å². The highest BCUT2D eigenvalue weighted by atomic mass is 35.5. The molecular weight excluding hydrogens is 298 g/mol. The van der Waals surface area contributed by atoms with E-state index >= 15 is 0 Å². The molecule has 0 aliphatic rings. The van der Waals surface area contributed by atoms with Gasteiger partial charge in [-0.25, -0.2) is 14.8 Å². The average molecular weight is 308 g/mol. The van der Waals surface area contributed by atoms with Gasteiger partial charge in [0.05, 0.1) is 12.1 Å². The molecule has 0 radical (unpaired) electrons. The molecule has 1 heterocycles. The Morgan fingerprint density at radius 3 is 2.48 bits per heavy atom. The molecule has 0 spiro atoms. The van der Waals surface area contributed by atoms with E-state index in [9.17, 15) is 9.59 Å². The second kappa shape index (κ2) is 6.19. The molecule has 0 unspecified atom stereocenters. The Labute approximate surface area is 124 Å². The van der Waals surface area contributed by atoms with Crippen LogP contribution in [0.25, 0.3) is 0 Å². The molecule has 0 fully saturated rings. The van der Waals surface area contributed by atoms with Crippen LogP contribution in [0, 0.1) is 0 Å². The van der Waals surface area contributed by atoms with Crippen LogP contribution in [0.15, 0.2) is 30.6 Å². The molecule has 7 nitrogen and oxygen atoms in total. The predicted molar refractivity (Wildman–Crippen MR) is 74.9 cm³/mol. The van der Waals surface area contributed by atoms with E-state index in [2.05, 4.69) is 15.3 Å². The highest BCUT2D eigenvalue weighted by Gasteiger charge is 2.19. The number of rotatable bonds is 4. The molecule has 0 bridgehead atoms. The molecule has 0 saturated heterocycles. The highest BCUT2D eigenvalue weighted by Crippen LogP contribution is 2.27. The monoisotopic (exact) mass is 307 g/mol. The van der Waals surface area contributed by atoms with Crippen molar-refractivity contribution in [2.75, 3.05) is 12.4 Å². The molecule has 8 heteroatoms. The summed E-state index contributed by atoms with van der Waals surface area (Å²) >= 11 is 5.94. The van der Waals surface area contributed by atoms with E-state index < -0.39 is 17.6 Å². The maximum Gasteiger partial charge on any atom is 0.356 e. The van der Waals surface area contributed by atoms with Gasteiger partial charge in [0, 0.05) is 18.1 Å². The molecule has 2 rings (SSSR count). The minimum absolute atomic E-state index is 0.281. The highest BCUT2D eigenvalue weighted by molar-refractivity contribution is 6.32. The maximum atomic E-state index is 12.1. The lowest BCUT2D eigenvalue weighted by molar-refractivity contribution is 0.0685. The Morgan fingerprint density at radius 1 is 1.24 bits per heavy atom. The number of methoxy groups -OCH3 is 1. The summed E-state index contributed by atoms with van der Waals surface area (Å²) in [4.78, 5) is 30.4. The van der Waals surface area contributed by atoms with Gasteiger partial charge in [0.2, 0.25) is 0 Å². The number of benzene rings is 1. The van der Waals surface area contributed by atoms with Crippen LogP contribution >= 0.6 is 11.6 Å². The van der Waals surface area contributed by atoms with E-state index in [0.717, 1.165) is 0 Å². The topological polar surface area (TPSA) is 101 Å².